The molecular formula is C19H13ClN4O. The lowest BCUT2D eigenvalue weighted by Gasteiger charge is -2.10. The van der Waals surface area contributed by atoms with Crippen LogP contribution in [-0.2, 0) is 0 Å². The van der Waals surface area contributed by atoms with Crippen LogP contribution in [0.1, 0.15) is 0 Å². The van der Waals surface area contributed by atoms with E-state index in [-0.39, 0.29) is 5.43 Å². The van der Waals surface area contributed by atoms with E-state index in [9.17, 15) is 4.79 Å². The maximum atomic E-state index is 12.4. The van der Waals surface area contributed by atoms with Gasteiger partial charge in [-0.15, -0.1) is 0 Å². The predicted molar refractivity (Wildman–Crippen MR) is 97.4 cm³/mol. The number of aromatic nitrogens is 4. The molecule has 0 amide bonds. The van der Waals surface area contributed by atoms with E-state index < -0.39 is 0 Å². The number of hydrogen-bond donors (Lipinski definition) is 0. The van der Waals surface area contributed by atoms with Crippen molar-refractivity contribution in [3.63, 3.8) is 0 Å². The molecule has 25 heavy (non-hydrogen) atoms. The molecule has 0 atom stereocenters. The molecule has 2 aromatic carbocycles. The zero-order valence-electron chi connectivity index (χ0n) is 13.1. The highest BCUT2D eigenvalue weighted by Gasteiger charge is 2.14. The van der Waals surface area contributed by atoms with Crippen LogP contribution in [0, 0.1) is 0 Å². The van der Waals surface area contributed by atoms with E-state index in [1.54, 1.807) is 33.9 Å². The Morgan fingerprint density at radius 3 is 2.44 bits per heavy atom. The predicted octanol–water partition coefficient (Wildman–Crippen LogP) is 3.74. The largest absolute Gasteiger partial charge is 0.287 e. The van der Waals surface area contributed by atoms with E-state index in [1.165, 1.54) is 6.07 Å². The lowest BCUT2D eigenvalue weighted by molar-refractivity contribution is 0.823. The molecule has 0 aliphatic rings. The minimum Gasteiger partial charge on any atom is -0.287 e. The Labute approximate surface area is 148 Å². The van der Waals surface area contributed by atoms with Crippen molar-refractivity contribution in [1.29, 1.82) is 0 Å². The first-order valence-electron chi connectivity index (χ1n) is 7.69. The summed E-state index contributed by atoms with van der Waals surface area (Å²) in [4.78, 5) is 12.4. The Morgan fingerprint density at radius 2 is 1.64 bits per heavy atom. The second kappa shape index (κ2) is 6.37. The van der Waals surface area contributed by atoms with Crippen LogP contribution in [-0.4, -0.2) is 19.6 Å². The van der Waals surface area contributed by atoms with Gasteiger partial charge in [-0.3, -0.25) is 4.79 Å². The van der Waals surface area contributed by atoms with Crippen molar-refractivity contribution in [3.05, 3.63) is 94.4 Å². The second-order valence-electron chi connectivity index (χ2n) is 5.39. The number of rotatable bonds is 3. The molecule has 0 aliphatic heterocycles. The molecule has 5 nitrogen and oxygen atoms in total. The average Bonchev–Trinajstić information content (AvgIpc) is 3.13. The summed E-state index contributed by atoms with van der Waals surface area (Å²) in [6, 6.07) is 20.2. The topological polar surface area (TPSA) is 52.7 Å². The van der Waals surface area contributed by atoms with Crippen molar-refractivity contribution in [1.82, 2.24) is 19.6 Å². The number of hydrogen-bond acceptors (Lipinski definition) is 3. The minimum atomic E-state index is -0.180. The Balaban J connectivity index is 1.88. The lowest BCUT2D eigenvalue weighted by Crippen LogP contribution is -2.15. The van der Waals surface area contributed by atoms with Crippen molar-refractivity contribution in [2.45, 2.75) is 0 Å². The van der Waals surface area contributed by atoms with Crippen LogP contribution in [0.2, 0.25) is 5.02 Å². The molecule has 0 radical (unpaired) electrons. The van der Waals surface area contributed by atoms with Gasteiger partial charge in [-0.1, -0.05) is 41.9 Å². The number of benzene rings is 2. The van der Waals surface area contributed by atoms with Gasteiger partial charge in [0.2, 0.25) is 5.43 Å². The summed E-state index contributed by atoms with van der Waals surface area (Å²) in [7, 11) is 0. The van der Waals surface area contributed by atoms with E-state index in [2.05, 4.69) is 10.2 Å². The zero-order chi connectivity index (χ0) is 17.2. The molecule has 6 heteroatoms. The zero-order valence-corrected chi connectivity index (χ0v) is 13.8. The molecule has 4 rings (SSSR count). The molecule has 0 aliphatic carbocycles. The summed E-state index contributed by atoms with van der Waals surface area (Å²) in [6.07, 6.45) is 3.26. The summed E-state index contributed by atoms with van der Waals surface area (Å²) >= 11 is 6.25. The van der Waals surface area contributed by atoms with E-state index in [0.717, 1.165) is 5.69 Å². The molecular weight excluding hydrogens is 336 g/mol. The number of nitrogens with zero attached hydrogens (tertiary/aromatic N) is 4. The summed E-state index contributed by atoms with van der Waals surface area (Å²) < 4.78 is 3.29. The Morgan fingerprint density at radius 1 is 0.880 bits per heavy atom. The van der Waals surface area contributed by atoms with Gasteiger partial charge in [0.05, 0.1) is 28.3 Å². The normalized spacial score (nSPS) is 10.8. The van der Waals surface area contributed by atoms with Gasteiger partial charge in [0, 0.05) is 12.3 Å². The fourth-order valence-corrected chi connectivity index (χ4v) is 2.84. The molecule has 2 aromatic heterocycles. The molecule has 0 spiro atoms. The van der Waals surface area contributed by atoms with E-state index in [1.807, 2.05) is 48.5 Å². The van der Waals surface area contributed by atoms with Crippen molar-refractivity contribution >= 4 is 11.6 Å². The maximum absolute atomic E-state index is 12.4. The first-order valence-corrected chi connectivity index (χ1v) is 8.06. The van der Waals surface area contributed by atoms with Crippen LogP contribution >= 0.6 is 11.6 Å². The van der Waals surface area contributed by atoms with Gasteiger partial charge in [-0.2, -0.15) is 10.2 Å². The fraction of sp³-hybridized carbons (Fsp3) is 0. The van der Waals surface area contributed by atoms with Crippen molar-refractivity contribution in [2.75, 3.05) is 0 Å². The second-order valence-corrected chi connectivity index (χ2v) is 5.80. The quantitative estimate of drug-likeness (QED) is 0.566. The summed E-state index contributed by atoms with van der Waals surface area (Å²) in [5, 5.41) is 9.37. The highest BCUT2D eigenvalue weighted by Crippen LogP contribution is 2.21. The third-order valence-corrected chi connectivity index (χ3v) is 4.11. The molecule has 0 fully saturated rings. The van der Waals surface area contributed by atoms with Crippen LogP contribution < -0.4 is 5.43 Å². The molecule has 0 unspecified atom stereocenters. The van der Waals surface area contributed by atoms with E-state index in [4.69, 9.17) is 11.6 Å². The van der Waals surface area contributed by atoms with Crippen molar-refractivity contribution in [2.24, 2.45) is 0 Å². The Kier molecular flexibility index (Phi) is 3.91. The van der Waals surface area contributed by atoms with Crippen LogP contribution in [0.5, 0.6) is 0 Å². The highest BCUT2D eigenvalue weighted by molar-refractivity contribution is 6.32. The molecule has 2 heterocycles. The minimum absolute atomic E-state index is 0.180. The first-order chi connectivity index (χ1) is 12.2. The van der Waals surface area contributed by atoms with Crippen LogP contribution in [0.4, 0.5) is 0 Å². The van der Waals surface area contributed by atoms with Gasteiger partial charge in [0.15, 0.2) is 5.69 Å². The Bertz CT molecular complexity index is 1090. The van der Waals surface area contributed by atoms with Gasteiger partial charge in [-0.05, 0) is 30.3 Å². The van der Waals surface area contributed by atoms with Gasteiger partial charge >= 0.3 is 0 Å². The highest BCUT2D eigenvalue weighted by atomic mass is 35.5. The van der Waals surface area contributed by atoms with Crippen LogP contribution in [0.15, 0.2) is 83.9 Å². The lowest BCUT2D eigenvalue weighted by atomic mass is 10.2. The van der Waals surface area contributed by atoms with Gasteiger partial charge in [0.1, 0.15) is 0 Å². The van der Waals surface area contributed by atoms with E-state index >= 15 is 0 Å². The summed E-state index contributed by atoms with van der Waals surface area (Å²) in [5.74, 6) is 0. The van der Waals surface area contributed by atoms with Crippen LogP contribution in [0.3, 0.4) is 0 Å². The van der Waals surface area contributed by atoms with Crippen molar-refractivity contribution in [3.8, 4) is 22.8 Å². The SMILES string of the molecule is O=c1ccn(-c2ccccc2Cl)nc1-c1ccnn1-c1ccccc1. The average molecular weight is 349 g/mol. The van der Waals surface area contributed by atoms with Gasteiger partial charge < -0.3 is 0 Å². The molecule has 0 saturated carbocycles. The molecule has 4 aromatic rings. The van der Waals surface area contributed by atoms with Gasteiger partial charge in [0.25, 0.3) is 0 Å². The fourth-order valence-electron chi connectivity index (χ4n) is 2.61. The smallest absolute Gasteiger partial charge is 0.209 e. The van der Waals surface area contributed by atoms with Gasteiger partial charge in [-0.25, -0.2) is 9.36 Å². The molecule has 0 saturated heterocycles. The Hall–Kier alpha value is -3.18. The summed E-state index contributed by atoms with van der Waals surface area (Å²) in [5.41, 5.74) is 2.32. The molecule has 122 valence electrons. The molecule has 0 N–H and O–H groups in total. The number of para-hydroxylation sites is 2. The maximum Gasteiger partial charge on any atom is 0.209 e. The number of halogens is 1. The van der Waals surface area contributed by atoms with Crippen molar-refractivity contribution < 1.29 is 0 Å². The third kappa shape index (κ3) is 2.86. The first kappa shape index (κ1) is 15.4. The monoisotopic (exact) mass is 348 g/mol. The third-order valence-electron chi connectivity index (χ3n) is 3.79. The van der Waals surface area contributed by atoms with Crippen LogP contribution in [0.25, 0.3) is 22.8 Å². The van der Waals surface area contributed by atoms with E-state index in [0.29, 0.717) is 22.1 Å². The standard InChI is InChI=1S/C19H13ClN4O/c20-15-8-4-5-9-16(15)23-13-11-18(25)19(22-23)17-10-12-21-24(17)14-6-2-1-3-7-14/h1-13H. The molecule has 0 bridgehead atoms. The summed E-state index contributed by atoms with van der Waals surface area (Å²) in [6.45, 7) is 0.